The van der Waals surface area contributed by atoms with Gasteiger partial charge in [0.05, 0.1) is 11.4 Å². The van der Waals surface area contributed by atoms with Gasteiger partial charge in [-0.15, -0.1) is 0 Å². The molecule has 1 N–H and O–H groups in total. The molecule has 0 saturated carbocycles. The van der Waals surface area contributed by atoms with Gasteiger partial charge < -0.3 is 10.2 Å². The first-order chi connectivity index (χ1) is 9.04. The normalized spacial score (nSPS) is 17.4. The maximum Gasteiger partial charge on any atom is 0.163 e. The maximum absolute atomic E-state index is 13.8. The summed E-state index contributed by atoms with van der Waals surface area (Å²) in [5, 5.41) is 3.08. The summed E-state index contributed by atoms with van der Waals surface area (Å²) in [6, 6.07) is 5.95. The highest BCUT2D eigenvalue weighted by atomic mass is 32.2. The number of nitrogens with one attached hydrogen (secondary N) is 1. The van der Waals surface area contributed by atoms with Gasteiger partial charge in [0, 0.05) is 42.1 Å². The molecule has 1 aliphatic carbocycles. The predicted molar refractivity (Wildman–Crippen MR) is 76.1 cm³/mol. The average Bonchev–Trinajstić information content (AvgIpc) is 2.35. The summed E-state index contributed by atoms with van der Waals surface area (Å²) in [6.45, 7) is 0. The molecular formula is C14H13FN2OS. The Balaban J connectivity index is 2.00. The number of benzene rings is 1. The van der Waals surface area contributed by atoms with Crippen LogP contribution in [0.1, 0.15) is 6.42 Å². The van der Waals surface area contributed by atoms with Crippen LogP contribution in [-0.4, -0.2) is 19.9 Å². The Bertz CT molecular complexity index is 634. The van der Waals surface area contributed by atoms with Gasteiger partial charge in [-0.05, 0) is 18.2 Å². The molecule has 0 aromatic heterocycles. The Morgan fingerprint density at radius 3 is 2.89 bits per heavy atom. The standard InChI is InChI=1S/C14H13FN2OS/c1-17(2)8-3-4-11-12(5-8)19-13-7-9(18)6-10(15)14(13)16-11/h3-6,16H,7H2,1-2H3. The number of anilines is 2. The molecule has 5 heteroatoms. The minimum absolute atomic E-state index is 0.183. The Morgan fingerprint density at radius 2 is 2.16 bits per heavy atom. The fourth-order valence-electron chi connectivity index (χ4n) is 2.11. The zero-order valence-electron chi connectivity index (χ0n) is 10.7. The van der Waals surface area contributed by atoms with E-state index in [1.54, 1.807) is 0 Å². The molecule has 0 saturated heterocycles. The Morgan fingerprint density at radius 1 is 1.37 bits per heavy atom. The summed E-state index contributed by atoms with van der Waals surface area (Å²) in [5.41, 5.74) is 2.40. The number of hydrogen-bond acceptors (Lipinski definition) is 4. The molecule has 0 fully saturated rings. The van der Waals surface area contributed by atoms with Crippen molar-refractivity contribution in [3.05, 3.63) is 40.7 Å². The number of allylic oxidation sites excluding steroid dienone is 3. The van der Waals surface area contributed by atoms with Gasteiger partial charge in [0.15, 0.2) is 11.6 Å². The number of halogens is 1. The van der Waals surface area contributed by atoms with Gasteiger partial charge in [-0.1, -0.05) is 11.8 Å². The highest BCUT2D eigenvalue weighted by Gasteiger charge is 2.26. The molecule has 3 rings (SSSR count). The molecule has 0 bridgehead atoms. The van der Waals surface area contributed by atoms with Gasteiger partial charge >= 0.3 is 0 Å². The van der Waals surface area contributed by atoms with Crippen molar-refractivity contribution in [3.63, 3.8) is 0 Å². The number of carbonyl (C=O) groups is 1. The first-order valence-electron chi connectivity index (χ1n) is 5.94. The number of ketones is 1. The van der Waals surface area contributed by atoms with Crippen molar-refractivity contribution in [2.45, 2.75) is 11.3 Å². The molecule has 19 heavy (non-hydrogen) atoms. The minimum Gasteiger partial charge on any atom is -0.378 e. The van der Waals surface area contributed by atoms with Crippen LogP contribution >= 0.6 is 11.8 Å². The van der Waals surface area contributed by atoms with Crippen LogP contribution in [0.15, 0.2) is 45.6 Å². The summed E-state index contributed by atoms with van der Waals surface area (Å²) in [6.07, 6.45) is 1.33. The summed E-state index contributed by atoms with van der Waals surface area (Å²) in [4.78, 5) is 15.2. The van der Waals surface area contributed by atoms with Crippen molar-refractivity contribution >= 4 is 28.9 Å². The number of thioether (sulfide) groups is 1. The van der Waals surface area contributed by atoms with E-state index in [1.807, 2.05) is 37.2 Å². The van der Waals surface area contributed by atoms with Crippen LogP contribution in [0.3, 0.4) is 0 Å². The lowest BCUT2D eigenvalue weighted by Gasteiger charge is -2.26. The van der Waals surface area contributed by atoms with E-state index in [9.17, 15) is 9.18 Å². The van der Waals surface area contributed by atoms with Gasteiger partial charge in [-0.3, -0.25) is 4.79 Å². The van der Waals surface area contributed by atoms with Crippen molar-refractivity contribution < 1.29 is 9.18 Å². The van der Waals surface area contributed by atoms with Crippen LogP contribution in [0.2, 0.25) is 0 Å². The molecule has 1 aromatic rings. The lowest BCUT2D eigenvalue weighted by Crippen LogP contribution is -2.16. The summed E-state index contributed by atoms with van der Waals surface area (Å²) in [7, 11) is 3.94. The topological polar surface area (TPSA) is 32.3 Å². The number of hydrogen-bond donors (Lipinski definition) is 1. The number of fused-ring (bicyclic) bond motifs is 1. The van der Waals surface area contributed by atoms with E-state index in [4.69, 9.17) is 0 Å². The quantitative estimate of drug-likeness (QED) is 0.853. The molecule has 0 radical (unpaired) electrons. The number of rotatable bonds is 1. The first kappa shape index (κ1) is 12.3. The zero-order valence-corrected chi connectivity index (χ0v) is 11.5. The third kappa shape index (κ3) is 2.14. The van der Waals surface area contributed by atoms with E-state index in [0.717, 1.165) is 27.3 Å². The Labute approximate surface area is 115 Å². The van der Waals surface area contributed by atoms with Gasteiger partial charge in [0.2, 0.25) is 0 Å². The Hall–Kier alpha value is -1.75. The number of carbonyl (C=O) groups excluding carboxylic acids is 1. The van der Waals surface area contributed by atoms with Crippen LogP contribution in [0.25, 0.3) is 0 Å². The van der Waals surface area contributed by atoms with Crippen LogP contribution < -0.4 is 10.2 Å². The second kappa shape index (κ2) is 4.42. The fourth-order valence-corrected chi connectivity index (χ4v) is 3.24. The average molecular weight is 276 g/mol. The highest BCUT2D eigenvalue weighted by Crippen LogP contribution is 2.45. The van der Waals surface area contributed by atoms with Crippen LogP contribution in [0, 0.1) is 0 Å². The van der Waals surface area contributed by atoms with Crippen LogP contribution in [0.4, 0.5) is 15.8 Å². The van der Waals surface area contributed by atoms with E-state index >= 15 is 0 Å². The summed E-state index contributed by atoms with van der Waals surface area (Å²) < 4.78 is 13.8. The molecule has 1 heterocycles. The molecule has 1 aliphatic heterocycles. The summed E-state index contributed by atoms with van der Waals surface area (Å²) in [5.74, 6) is -0.654. The molecule has 0 unspecified atom stereocenters. The molecule has 0 atom stereocenters. The van der Waals surface area contributed by atoms with Crippen LogP contribution in [-0.2, 0) is 4.79 Å². The van der Waals surface area contributed by atoms with E-state index in [-0.39, 0.29) is 12.2 Å². The van der Waals surface area contributed by atoms with Gasteiger partial charge in [-0.25, -0.2) is 4.39 Å². The monoisotopic (exact) mass is 276 g/mol. The van der Waals surface area contributed by atoms with Gasteiger partial charge in [-0.2, -0.15) is 0 Å². The Kier molecular flexibility index (Phi) is 2.86. The maximum atomic E-state index is 13.8. The highest BCUT2D eigenvalue weighted by molar-refractivity contribution is 8.03. The van der Waals surface area contributed by atoms with E-state index in [2.05, 4.69) is 5.32 Å². The van der Waals surface area contributed by atoms with Gasteiger partial charge in [0.25, 0.3) is 0 Å². The van der Waals surface area contributed by atoms with E-state index in [0.29, 0.717) is 5.70 Å². The van der Waals surface area contributed by atoms with Crippen molar-refractivity contribution in [2.24, 2.45) is 0 Å². The van der Waals surface area contributed by atoms with Crippen LogP contribution in [0.5, 0.6) is 0 Å². The SMILES string of the molecule is CN(C)c1ccc2c(c1)SC1=C(N2)C(F)=CC(=O)C1. The molecule has 3 nitrogen and oxygen atoms in total. The lowest BCUT2D eigenvalue weighted by atomic mass is 10.1. The lowest BCUT2D eigenvalue weighted by molar-refractivity contribution is -0.114. The van der Waals surface area contributed by atoms with Crippen molar-refractivity contribution in [3.8, 4) is 0 Å². The molecule has 1 aromatic carbocycles. The smallest absolute Gasteiger partial charge is 0.163 e. The second-order valence-electron chi connectivity index (χ2n) is 4.74. The fraction of sp³-hybridized carbons (Fsp3) is 0.214. The first-order valence-corrected chi connectivity index (χ1v) is 6.76. The van der Waals surface area contributed by atoms with Crippen molar-refractivity contribution in [2.75, 3.05) is 24.3 Å². The van der Waals surface area contributed by atoms with E-state index in [1.165, 1.54) is 11.8 Å². The van der Waals surface area contributed by atoms with Gasteiger partial charge in [0.1, 0.15) is 0 Å². The molecule has 2 aliphatic rings. The summed E-state index contributed by atoms with van der Waals surface area (Å²) >= 11 is 1.47. The second-order valence-corrected chi connectivity index (χ2v) is 5.87. The zero-order chi connectivity index (χ0) is 13.6. The molecule has 0 amide bonds. The molecule has 98 valence electrons. The molecular weight excluding hydrogens is 263 g/mol. The van der Waals surface area contributed by atoms with Crippen molar-refractivity contribution in [1.29, 1.82) is 0 Å². The third-order valence-corrected chi connectivity index (χ3v) is 4.27. The molecule has 0 spiro atoms. The number of nitrogens with zero attached hydrogens (tertiary/aromatic N) is 1. The third-order valence-electron chi connectivity index (χ3n) is 3.11. The minimum atomic E-state index is -0.471. The van der Waals surface area contributed by atoms with E-state index < -0.39 is 5.83 Å². The largest absolute Gasteiger partial charge is 0.378 e. The van der Waals surface area contributed by atoms with Crippen molar-refractivity contribution in [1.82, 2.24) is 0 Å². The predicted octanol–water partition coefficient (Wildman–Crippen LogP) is 3.31.